The van der Waals surface area contributed by atoms with Gasteiger partial charge in [0.2, 0.25) is 0 Å². The van der Waals surface area contributed by atoms with Gasteiger partial charge in [-0.05, 0) is 79.8 Å². The van der Waals surface area contributed by atoms with E-state index in [0.29, 0.717) is 12.4 Å². The van der Waals surface area contributed by atoms with Gasteiger partial charge in [-0.2, -0.15) is 0 Å². The van der Waals surface area contributed by atoms with Crippen molar-refractivity contribution in [1.82, 2.24) is 9.97 Å². The highest BCUT2D eigenvalue weighted by molar-refractivity contribution is 6.01. The number of aliphatic carboxylic acids is 1. The summed E-state index contributed by atoms with van der Waals surface area (Å²) in [4.78, 5) is 25.8. The Morgan fingerprint density at radius 2 is 2.02 bits per heavy atom. The fourth-order valence-corrected chi connectivity index (χ4v) is 6.11. The zero-order valence-electron chi connectivity index (χ0n) is 23.5. The zero-order valence-corrected chi connectivity index (χ0v) is 23.5. The molecule has 2 aliphatic heterocycles. The van der Waals surface area contributed by atoms with Gasteiger partial charge in [0, 0.05) is 41.7 Å². The molecule has 2 unspecified atom stereocenters. The van der Waals surface area contributed by atoms with Gasteiger partial charge in [-0.25, -0.2) is 9.97 Å². The number of allylic oxidation sites excluding steroid dienone is 2. The molecule has 0 saturated carbocycles. The van der Waals surface area contributed by atoms with E-state index in [-0.39, 0.29) is 18.4 Å². The maximum Gasteiger partial charge on any atom is 0.307 e. The van der Waals surface area contributed by atoms with Crippen molar-refractivity contribution in [3.63, 3.8) is 0 Å². The lowest BCUT2D eigenvalue weighted by Crippen LogP contribution is -2.36. The van der Waals surface area contributed by atoms with Crippen LogP contribution in [0.5, 0.6) is 0 Å². The van der Waals surface area contributed by atoms with Crippen LogP contribution >= 0.6 is 0 Å². The highest BCUT2D eigenvalue weighted by Crippen LogP contribution is 2.49. The van der Waals surface area contributed by atoms with Crippen LogP contribution < -0.4 is 0 Å². The number of dihydropyridines is 1. The first-order valence-electron chi connectivity index (χ1n) is 13.7. The summed E-state index contributed by atoms with van der Waals surface area (Å²) < 4.78 is 12.8. The Labute approximate surface area is 234 Å². The minimum atomic E-state index is -0.878. The molecule has 0 radical (unpaired) electrons. The summed E-state index contributed by atoms with van der Waals surface area (Å²) in [5.41, 5.74) is 7.15. The maximum atomic E-state index is 12.2. The fourth-order valence-electron chi connectivity index (χ4n) is 6.11. The van der Waals surface area contributed by atoms with Crippen LogP contribution in [0.1, 0.15) is 49.6 Å². The van der Waals surface area contributed by atoms with Crippen LogP contribution in [0.2, 0.25) is 0 Å². The number of ether oxygens (including phenoxy) is 2. The average Bonchev–Trinajstić information content (AvgIpc) is 2.89. The molecule has 0 amide bonds. The molecule has 1 saturated heterocycles. The first-order valence-corrected chi connectivity index (χ1v) is 13.7. The minimum absolute atomic E-state index is 0.0299. The Bertz CT molecular complexity index is 1670. The molecule has 0 bridgehead atoms. The molecule has 0 spiro atoms. The predicted octanol–water partition coefficient (Wildman–Crippen LogP) is 6.38. The normalized spacial score (nSPS) is 20.0. The molecule has 204 valence electrons. The smallest absolute Gasteiger partial charge is 0.307 e. The van der Waals surface area contributed by atoms with E-state index in [1.165, 1.54) is 5.57 Å². The number of hydrogen-bond donors (Lipinski definition) is 1. The summed E-state index contributed by atoms with van der Waals surface area (Å²) in [5.74, 6) is 0.634. The third-order valence-electron chi connectivity index (χ3n) is 7.76. The Kier molecular flexibility index (Phi) is 6.32. The van der Waals surface area contributed by atoms with Crippen molar-refractivity contribution in [3.8, 4) is 11.1 Å². The summed E-state index contributed by atoms with van der Waals surface area (Å²) in [7, 11) is 0. The van der Waals surface area contributed by atoms with Gasteiger partial charge in [0.25, 0.3) is 0 Å². The van der Waals surface area contributed by atoms with Crippen LogP contribution in [0, 0.1) is 19.8 Å². The van der Waals surface area contributed by atoms with Crippen LogP contribution in [0.4, 0.5) is 0 Å². The molecule has 3 heterocycles. The third kappa shape index (κ3) is 4.59. The van der Waals surface area contributed by atoms with E-state index in [2.05, 4.69) is 40.3 Å². The number of rotatable bonds is 5. The molecule has 7 nitrogen and oxygen atoms in total. The molecule has 3 aromatic rings. The predicted molar refractivity (Wildman–Crippen MR) is 156 cm³/mol. The molecule has 2 atom stereocenters. The van der Waals surface area contributed by atoms with Crippen molar-refractivity contribution in [2.24, 2.45) is 10.9 Å². The minimum Gasteiger partial charge on any atom is -0.497 e. The monoisotopic (exact) mass is 535 g/mol. The maximum absolute atomic E-state index is 12.2. The highest BCUT2D eigenvalue weighted by atomic mass is 16.5. The number of carboxylic acids is 1. The molecule has 1 N–H and O–H groups in total. The average molecular weight is 536 g/mol. The molecule has 1 aromatic heterocycles. The van der Waals surface area contributed by atoms with Gasteiger partial charge in [-0.15, -0.1) is 0 Å². The molecule has 40 heavy (non-hydrogen) atoms. The number of nitrogens with zero attached hydrogens (tertiary/aromatic N) is 3. The van der Waals surface area contributed by atoms with E-state index in [4.69, 9.17) is 14.5 Å². The first kappa shape index (κ1) is 26.0. The van der Waals surface area contributed by atoms with E-state index >= 15 is 0 Å². The SMILES string of the molecule is Cc1cc2cc(-c3cncnc3C)ccc2c(C2=C(OC(C)(C)C)C=C3OCCC4=CC=NC2C43)c1CC(=O)O. The van der Waals surface area contributed by atoms with Crippen LogP contribution in [0.15, 0.2) is 71.0 Å². The summed E-state index contributed by atoms with van der Waals surface area (Å²) in [6.45, 7) is 10.6. The van der Waals surface area contributed by atoms with Crippen molar-refractivity contribution in [2.75, 3.05) is 6.61 Å². The highest BCUT2D eigenvalue weighted by Gasteiger charge is 2.43. The van der Waals surface area contributed by atoms with E-state index in [0.717, 1.165) is 62.0 Å². The molecule has 3 aliphatic rings. The quantitative estimate of drug-likeness (QED) is 0.407. The molecule has 1 fully saturated rings. The number of aryl methyl sites for hydroxylation is 2. The second kappa shape index (κ2) is 9.73. The second-order valence-electron chi connectivity index (χ2n) is 11.7. The van der Waals surface area contributed by atoms with Crippen molar-refractivity contribution in [1.29, 1.82) is 0 Å². The Morgan fingerprint density at radius 3 is 2.77 bits per heavy atom. The third-order valence-corrected chi connectivity index (χ3v) is 7.76. The van der Waals surface area contributed by atoms with Gasteiger partial charge < -0.3 is 14.6 Å². The van der Waals surface area contributed by atoms with Gasteiger partial charge in [0.1, 0.15) is 23.4 Å². The van der Waals surface area contributed by atoms with E-state index < -0.39 is 11.6 Å². The topological polar surface area (TPSA) is 93.9 Å². The Morgan fingerprint density at radius 1 is 1.20 bits per heavy atom. The van der Waals surface area contributed by atoms with Crippen molar-refractivity contribution in [3.05, 3.63) is 88.4 Å². The molecule has 2 aromatic carbocycles. The summed E-state index contributed by atoms with van der Waals surface area (Å²) in [6.07, 6.45) is 10.1. The van der Waals surface area contributed by atoms with Crippen LogP contribution in [0.3, 0.4) is 0 Å². The summed E-state index contributed by atoms with van der Waals surface area (Å²) >= 11 is 0. The van der Waals surface area contributed by atoms with Crippen LogP contribution in [0.25, 0.3) is 27.5 Å². The first-order chi connectivity index (χ1) is 19.1. The second-order valence-corrected chi connectivity index (χ2v) is 11.7. The zero-order chi connectivity index (χ0) is 28.2. The standard InChI is InChI=1S/C33H33N3O4/c1-18-12-22-13-21(25-16-34-17-36-19(25)2)6-7-23(22)30(24(18)14-28(37)38)31-27(40-33(3,4)5)15-26-29-20(9-11-39-26)8-10-35-32(29)31/h6-8,10,12-13,15-17,29,32H,9,11,14H2,1-5H3,(H,37,38). The number of carboxylic acid groups (broad SMARTS) is 1. The van der Waals surface area contributed by atoms with E-state index in [9.17, 15) is 9.90 Å². The molecule has 6 rings (SSSR count). The number of benzene rings is 2. The lowest BCUT2D eigenvalue weighted by molar-refractivity contribution is -0.136. The number of carbonyl (C=O) groups is 1. The Balaban J connectivity index is 1.67. The number of aliphatic imine (C=N–C) groups is 1. The summed E-state index contributed by atoms with van der Waals surface area (Å²) in [5, 5.41) is 12.0. The van der Waals surface area contributed by atoms with Gasteiger partial charge in [0.15, 0.2) is 0 Å². The van der Waals surface area contributed by atoms with Crippen molar-refractivity contribution < 1.29 is 19.4 Å². The van der Waals surface area contributed by atoms with Crippen LogP contribution in [-0.2, 0) is 20.7 Å². The molecule has 1 aliphatic carbocycles. The number of aromatic nitrogens is 2. The number of fused-ring (bicyclic) bond motifs is 1. The largest absolute Gasteiger partial charge is 0.497 e. The molecular formula is C33H33N3O4. The van der Waals surface area contributed by atoms with E-state index in [1.807, 2.05) is 53.1 Å². The van der Waals surface area contributed by atoms with Gasteiger partial charge in [-0.1, -0.05) is 23.8 Å². The molecular weight excluding hydrogens is 502 g/mol. The van der Waals surface area contributed by atoms with Crippen LogP contribution in [-0.4, -0.2) is 45.5 Å². The van der Waals surface area contributed by atoms with E-state index in [1.54, 1.807) is 6.33 Å². The Hall–Kier alpha value is -4.26. The van der Waals surface area contributed by atoms with Gasteiger partial charge >= 0.3 is 5.97 Å². The fraction of sp³-hybridized carbons (Fsp3) is 0.333. The van der Waals surface area contributed by atoms with Crippen molar-refractivity contribution in [2.45, 2.75) is 59.1 Å². The summed E-state index contributed by atoms with van der Waals surface area (Å²) in [6, 6.07) is 8.08. The lowest BCUT2D eigenvalue weighted by atomic mass is 9.73. The van der Waals surface area contributed by atoms with Gasteiger partial charge in [0.05, 0.1) is 25.0 Å². The lowest BCUT2D eigenvalue weighted by Gasteiger charge is -2.40. The van der Waals surface area contributed by atoms with Gasteiger partial charge in [-0.3, -0.25) is 9.79 Å². The van der Waals surface area contributed by atoms with Crippen molar-refractivity contribution >= 4 is 28.5 Å². The molecule has 7 heteroatoms. The number of hydrogen-bond acceptors (Lipinski definition) is 6.